The number of aryl methyl sites for hydroxylation is 2. The Kier molecular flexibility index (Phi) is 6.79. The standard InChI is InChI=1S/C17H15F2N3OS2/c1-10-7-11(2)21-16(12(10)8-20)24-9-15(23)22-13-5-3-4-6-14(13)25-17(18)19/h3-7,17H,9H2,1-2H3,(H,22,23). The van der Waals surface area contributed by atoms with Gasteiger partial charge in [-0.2, -0.15) is 14.0 Å². The van der Waals surface area contributed by atoms with Crippen LogP contribution in [0, 0.1) is 25.2 Å². The molecule has 0 aliphatic carbocycles. The molecule has 0 bridgehead atoms. The Bertz CT molecular complexity index is 822. The number of hydrogen-bond acceptors (Lipinski definition) is 5. The molecule has 25 heavy (non-hydrogen) atoms. The maximum Gasteiger partial charge on any atom is 0.288 e. The van der Waals surface area contributed by atoms with Gasteiger partial charge >= 0.3 is 0 Å². The van der Waals surface area contributed by atoms with Crippen molar-refractivity contribution in [2.75, 3.05) is 11.1 Å². The molecule has 130 valence electrons. The molecule has 0 saturated carbocycles. The molecule has 1 amide bonds. The van der Waals surface area contributed by atoms with Gasteiger partial charge in [0.25, 0.3) is 5.76 Å². The smallest absolute Gasteiger partial charge is 0.288 e. The number of nitriles is 1. The molecule has 4 nitrogen and oxygen atoms in total. The summed E-state index contributed by atoms with van der Waals surface area (Å²) in [6, 6.07) is 10.3. The lowest BCUT2D eigenvalue weighted by Gasteiger charge is -2.11. The number of carbonyl (C=O) groups is 1. The van der Waals surface area contributed by atoms with Crippen LogP contribution in [0.2, 0.25) is 0 Å². The summed E-state index contributed by atoms with van der Waals surface area (Å²) in [6.45, 7) is 3.63. The number of nitrogens with one attached hydrogen (secondary N) is 1. The van der Waals surface area contributed by atoms with Crippen molar-refractivity contribution in [1.29, 1.82) is 5.26 Å². The normalized spacial score (nSPS) is 10.6. The Morgan fingerprint density at radius 1 is 1.36 bits per heavy atom. The first kappa shape index (κ1) is 19.2. The van der Waals surface area contributed by atoms with E-state index in [-0.39, 0.29) is 11.7 Å². The Morgan fingerprint density at radius 3 is 2.76 bits per heavy atom. The number of benzene rings is 1. The highest BCUT2D eigenvalue weighted by Gasteiger charge is 2.14. The number of amides is 1. The van der Waals surface area contributed by atoms with E-state index in [0.29, 0.717) is 32.9 Å². The maximum absolute atomic E-state index is 12.6. The lowest BCUT2D eigenvalue weighted by molar-refractivity contribution is -0.113. The lowest BCUT2D eigenvalue weighted by atomic mass is 10.1. The number of pyridine rings is 1. The second-order valence-electron chi connectivity index (χ2n) is 5.08. The van der Waals surface area contributed by atoms with Gasteiger partial charge in [0, 0.05) is 10.6 Å². The summed E-state index contributed by atoms with van der Waals surface area (Å²) in [5, 5.41) is 12.4. The molecule has 0 saturated heterocycles. The van der Waals surface area contributed by atoms with Crippen molar-refractivity contribution in [3.05, 3.63) is 47.2 Å². The third kappa shape index (κ3) is 5.44. The molecule has 0 atom stereocenters. The predicted molar refractivity (Wildman–Crippen MR) is 96.1 cm³/mol. The molecule has 0 aliphatic heterocycles. The third-order valence-electron chi connectivity index (χ3n) is 3.14. The molecule has 1 N–H and O–H groups in total. The molecule has 0 radical (unpaired) electrons. The van der Waals surface area contributed by atoms with Gasteiger partial charge in [-0.1, -0.05) is 35.7 Å². The first-order valence-corrected chi connectivity index (χ1v) is 9.12. The van der Waals surface area contributed by atoms with E-state index >= 15 is 0 Å². The zero-order valence-electron chi connectivity index (χ0n) is 13.5. The summed E-state index contributed by atoms with van der Waals surface area (Å²) in [4.78, 5) is 16.8. The van der Waals surface area contributed by atoms with E-state index in [4.69, 9.17) is 0 Å². The quantitative estimate of drug-likeness (QED) is 0.742. The van der Waals surface area contributed by atoms with Crippen LogP contribution in [0.5, 0.6) is 0 Å². The number of thioether (sulfide) groups is 2. The van der Waals surface area contributed by atoms with Gasteiger partial charge in [-0.3, -0.25) is 4.79 Å². The van der Waals surface area contributed by atoms with E-state index in [0.717, 1.165) is 23.0 Å². The SMILES string of the molecule is Cc1cc(C)c(C#N)c(SCC(=O)Nc2ccccc2SC(F)F)n1. The predicted octanol–water partition coefficient (Wildman–Crippen LogP) is 4.62. The highest BCUT2D eigenvalue weighted by atomic mass is 32.2. The molecule has 1 heterocycles. The largest absolute Gasteiger partial charge is 0.324 e. The fraction of sp³-hybridized carbons (Fsp3) is 0.235. The molecular formula is C17H15F2N3OS2. The monoisotopic (exact) mass is 379 g/mol. The fourth-order valence-corrected chi connectivity index (χ4v) is 3.63. The summed E-state index contributed by atoms with van der Waals surface area (Å²) in [5.74, 6) is -2.89. The van der Waals surface area contributed by atoms with Gasteiger partial charge in [-0.05, 0) is 37.6 Å². The number of hydrogen-bond donors (Lipinski definition) is 1. The van der Waals surface area contributed by atoms with Crippen molar-refractivity contribution >= 4 is 35.1 Å². The van der Waals surface area contributed by atoms with Crippen LogP contribution in [0.15, 0.2) is 40.3 Å². The average Bonchev–Trinajstić information content (AvgIpc) is 2.54. The topological polar surface area (TPSA) is 65.8 Å². The first-order valence-electron chi connectivity index (χ1n) is 7.25. The molecule has 0 aliphatic rings. The van der Waals surface area contributed by atoms with Crippen molar-refractivity contribution in [2.24, 2.45) is 0 Å². The summed E-state index contributed by atoms with van der Waals surface area (Å²) in [5.41, 5.74) is 2.35. The molecule has 0 unspecified atom stereocenters. The van der Waals surface area contributed by atoms with E-state index in [1.54, 1.807) is 24.3 Å². The van der Waals surface area contributed by atoms with Crippen molar-refractivity contribution in [2.45, 2.75) is 29.5 Å². The Morgan fingerprint density at radius 2 is 2.08 bits per heavy atom. The van der Waals surface area contributed by atoms with E-state index in [1.165, 1.54) is 6.07 Å². The fourth-order valence-electron chi connectivity index (χ4n) is 2.13. The number of rotatable bonds is 6. The van der Waals surface area contributed by atoms with Crippen LogP contribution in [-0.4, -0.2) is 22.4 Å². The van der Waals surface area contributed by atoms with E-state index < -0.39 is 5.76 Å². The van der Waals surface area contributed by atoms with Gasteiger partial charge in [0.15, 0.2) is 0 Å². The average molecular weight is 379 g/mol. The minimum absolute atomic E-state index is 0.0260. The number of aromatic nitrogens is 1. The highest BCUT2D eigenvalue weighted by molar-refractivity contribution is 8.00. The minimum Gasteiger partial charge on any atom is -0.324 e. The molecule has 8 heteroatoms. The summed E-state index contributed by atoms with van der Waals surface area (Å²) in [7, 11) is 0. The number of para-hydroxylation sites is 1. The number of nitrogens with zero attached hydrogens (tertiary/aromatic N) is 2. The molecule has 1 aromatic carbocycles. The summed E-state index contributed by atoms with van der Waals surface area (Å²) < 4.78 is 25.1. The molecule has 1 aromatic heterocycles. The maximum atomic E-state index is 12.6. The van der Waals surface area contributed by atoms with Crippen LogP contribution < -0.4 is 5.32 Å². The van der Waals surface area contributed by atoms with E-state index in [1.807, 2.05) is 13.8 Å². The van der Waals surface area contributed by atoms with Crippen LogP contribution >= 0.6 is 23.5 Å². The lowest BCUT2D eigenvalue weighted by Crippen LogP contribution is -2.15. The zero-order valence-corrected chi connectivity index (χ0v) is 15.2. The Balaban J connectivity index is 2.07. The second kappa shape index (κ2) is 8.83. The van der Waals surface area contributed by atoms with Gasteiger partial charge in [-0.25, -0.2) is 4.98 Å². The highest BCUT2D eigenvalue weighted by Crippen LogP contribution is 2.32. The second-order valence-corrected chi connectivity index (χ2v) is 7.08. The van der Waals surface area contributed by atoms with Crippen molar-refractivity contribution in [1.82, 2.24) is 4.98 Å². The zero-order chi connectivity index (χ0) is 18.4. The van der Waals surface area contributed by atoms with Crippen LogP contribution in [0.1, 0.15) is 16.8 Å². The van der Waals surface area contributed by atoms with Crippen molar-refractivity contribution in [3.63, 3.8) is 0 Å². The van der Waals surface area contributed by atoms with Crippen molar-refractivity contribution in [3.8, 4) is 6.07 Å². The number of anilines is 1. The van der Waals surface area contributed by atoms with Gasteiger partial charge in [0.2, 0.25) is 5.91 Å². The van der Waals surface area contributed by atoms with Gasteiger partial charge < -0.3 is 5.32 Å². The van der Waals surface area contributed by atoms with Crippen molar-refractivity contribution < 1.29 is 13.6 Å². The summed E-state index contributed by atoms with van der Waals surface area (Å²) >= 11 is 1.53. The molecule has 2 aromatic rings. The number of carbonyl (C=O) groups excluding carboxylic acids is 1. The number of alkyl halides is 2. The molecule has 0 spiro atoms. The Hall–Kier alpha value is -2.11. The van der Waals surface area contributed by atoms with Gasteiger partial charge in [-0.15, -0.1) is 0 Å². The van der Waals surface area contributed by atoms with E-state index in [2.05, 4.69) is 16.4 Å². The first-order chi connectivity index (χ1) is 11.9. The van der Waals surface area contributed by atoms with Crippen LogP contribution in [0.4, 0.5) is 14.5 Å². The number of halogens is 2. The van der Waals surface area contributed by atoms with Crippen LogP contribution in [0.25, 0.3) is 0 Å². The van der Waals surface area contributed by atoms with Gasteiger partial charge in [0.1, 0.15) is 11.1 Å². The molecular weight excluding hydrogens is 364 g/mol. The Labute approximate surface area is 153 Å². The third-order valence-corrected chi connectivity index (χ3v) is 4.90. The van der Waals surface area contributed by atoms with Crippen LogP contribution in [-0.2, 0) is 4.79 Å². The molecule has 2 rings (SSSR count). The summed E-state index contributed by atoms with van der Waals surface area (Å²) in [6.07, 6.45) is 0. The van der Waals surface area contributed by atoms with E-state index in [9.17, 15) is 18.8 Å². The minimum atomic E-state index is -2.56. The molecule has 0 fully saturated rings. The van der Waals surface area contributed by atoms with Crippen LogP contribution in [0.3, 0.4) is 0 Å². The van der Waals surface area contributed by atoms with Gasteiger partial charge in [0.05, 0.1) is 17.0 Å².